The topological polar surface area (TPSA) is 99.2 Å². The zero-order chi connectivity index (χ0) is 17.2. The molecule has 0 radical (unpaired) electrons. The highest BCUT2D eigenvalue weighted by molar-refractivity contribution is 7.89. The molecule has 0 spiro atoms. The minimum Gasteiger partial charge on any atom is -0.302 e. The van der Waals surface area contributed by atoms with E-state index in [0.29, 0.717) is 6.54 Å². The predicted molar refractivity (Wildman–Crippen MR) is 83.6 cm³/mol. The molecule has 0 saturated carbocycles. The summed E-state index contributed by atoms with van der Waals surface area (Å²) in [6, 6.07) is 1.74. The molecule has 2 heterocycles. The molecule has 10 heteroatoms. The van der Waals surface area contributed by atoms with Gasteiger partial charge in [0.15, 0.2) is 4.90 Å². The Bertz CT molecular complexity index is 895. The summed E-state index contributed by atoms with van der Waals surface area (Å²) >= 11 is 0. The van der Waals surface area contributed by atoms with E-state index in [-0.39, 0.29) is 13.1 Å². The molecule has 23 heavy (non-hydrogen) atoms. The zero-order valence-corrected chi connectivity index (χ0v) is 14.0. The lowest BCUT2D eigenvalue weighted by Gasteiger charge is -2.20. The predicted octanol–water partition coefficient (Wildman–Crippen LogP) is -1.01. The van der Waals surface area contributed by atoms with Gasteiger partial charge in [-0.3, -0.25) is 14.0 Å². The molecule has 2 rings (SSSR count). The van der Waals surface area contributed by atoms with E-state index in [1.807, 2.05) is 0 Å². The second kappa shape index (κ2) is 6.50. The minimum absolute atomic E-state index is 0.173. The van der Waals surface area contributed by atoms with E-state index in [1.165, 1.54) is 18.4 Å². The van der Waals surface area contributed by atoms with Gasteiger partial charge in [0.05, 0.1) is 6.54 Å². The number of aromatic nitrogens is 4. The first-order chi connectivity index (χ1) is 10.8. The molecule has 9 nitrogen and oxygen atoms in total. The molecule has 0 amide bonds. The molecule has 0 atom stereocenters. The number of likely N-dealkylation sites (N-methyl/N-ethyl adjacent to an activating group) is 1. The molecule has 0 aliphatic heterocycles. The van der Waals surface area contributed by atoms with Crippen molar-refractivity contribution in [2.75, 3.05) is 13.1 Å². The van der Waals surface area contributed by atoms with Crippen molar-refractivity contribution < 1.29 is 8.42 Å². The quantitative estimate of drug-likeness (QED) is 0.670. The van der Waals surface area contributed by atoms with Gasteiger partial charge in [0.1, 0.15) is 0 Å². The summed E-state index contributed by atoms with van der Waals surface area (Å²) in [4.78, 5) is 23.5. The maximum absolute atomic E-state index is 12.7. The summed E-state index contributed by atoms with van der Waals surface area (Å²) < 4.78 is 30.1. The van der Waals surface area contributed by atoms with Crippen molar-refractivity contribution in [1.29, 1.82) is 0 Å². The van der Waals surface area contributed by atoms with E-state index >= 15 is 0 Å². The standard InChI is InChI=1S/C13H19N5O4S/c1-4-18(9-8-17-7-5-6-14-17)23(21,22)11-10-15(2)13(20)16(3)12(11)19/h5-7,10H,4,8-9H2,1-3H3. The highest BCUT2D eigenvalue weighted by Gasteiger charge is 2.27. The van der Waals surface area contributed by atoms with Crippen LogP contribution in [0.5, 0.6) is 0 Å². The third kappa shape index (κ3) is 3.27. The first-order valence-corrected chi connectivity index (χ1v) is 8.47. The molecule has 0 N–H and O–H groups in total. The Morgan fingerprint density at radius 3 is 2.52 bits per heavy atom. The van der Waals surface area contributed by atoms with Crippen molar-refractivity contribution in [1.82, 2.24) is 23.2 Å². The van der Waals surface area contributed by atoms with E-state index in [4.69, 9.17) is 0 Å². The van der Waals surface area contributed by atoms with Crippen LogP contribution in [0.3, 0.4) is 0 Å². The SMILES string of the molecule is CCN(CCn1cccn1)S(=O)(=O)c1cn(C)c(=O)n(C)c1=O. The fourth-order valence-corrected chi connectivity index (χ4v) is 3.78. The van der Waals surface area contributed by atoms with Gasteiger partial charge in [0, 0.05) is 45.8 Å². The average Bonchev–Trinajstić information content (AvgIpc) is 3.02. The van der Waals surface area contributed by atoms with Crippen LogP contribution in [0.1, 0.15) is 6.92 Å². The Morgan fingerprint density at radius 1 is 1.26 bits per heavy atom. The van der Waals surface area contributed by atoms with Crippen LogP contribution in [0.4, 0.5) is 0 Å². The third-order valence-corrected chi connectivity index (χ3v) is 5.48. The first-order valence-electron chi connectivity index (χ1n) is 7.03. The number of sulfonamides is 1. The van der Waals surface area contributed by atoms with Crippen molar-refractivity contribution in [3.8, 4) is 0 Å². The fraction of sp³-hybridized carbons (Fsp3) is 0.462. The van der Waals surface area contributed by atoms with E-state index in [9.17, 15) is 18.0 Å². The lowest BCUT2D eigenvalue weighted by Crippen LogP contribution is -2.43. The number of hydrogen-bond acceptors (Lipinski definition) is 5. The summed E-state index contributed by atoms with van der Waals surface area (Å²) in [7, 11) is -1.34. The van der Waals surface area contributed by atoms with Crippen LogP contribution in [0.15, 0.2) is 39.1 Å². The molecule has 0 aliphatic rings. The number of nitrogens with zero attached hydrogens (tertiary/aromatic N) is 5. The van der Waals surface area contributed by atoms with Crippen LogP contribution < -0.4 is 11.2 Å². The van der Waals surface area contributed by atoms with Gasteiger partial charge in [-0.1, -0.05) is 6.92 Å². The molecule has 0 aromatic carbocycles. The van der Waals surface area contributed by atoms with Gasteiger partial charge in [0.2, 0.25) is 10.0 Å². The van der Waals surface area contributed by atoms with Gasteiger partial charge < -0.3 is 4.57 Å². The number of aryl methyl sites for hydroxylation is 1. The van der Waals surface area contributed by atoms with Gasteiger partial charge in [0.25, 0.3) is 5.56 Å². The van der Waals surface area contributed by atoms with Crippen molar-refractivity contribution in [3.05, 3.63) is 45.5 Å². The number of hydrogen-bond donors (Lipinski definition) is 0. The summed E-state index contributed by atoms with van der Waals surface area (Å²) in [5, 5.41) is 4.02. The Hall–Kier alpha value is -2.20. The Morgan fingerprint density at radius 2 is 1.96 bits per heavy atom. The molecule has 2 aromatic rings. The molecule has 0 saturated heterocycles. The molecular weight excluding hydrogens is 322 g/mol. The van der Waals surface area contributed by atoms with E-state index in [1.54, 1.807) is 30.1 Å². The summed E-state index contributed by atoms with van der Waals surface area (Å²) in [5.74, 6) is 0. The van der Waals surface area contributed by atoms with Crippen LogP contribution in [0.2, 0.25) is 0 Å². The minimum atomic E-state index is -4.00. The van der Waals surface area contributed by atoms with Crippen LogP contribution in [-0.4, -0.2) is 44.7 Å². The van der Waals surface area contributed by atoms with Crippen molar-refractivity contribution in [3.63, 3.8) is 0 Å². The molecule has 126 valence electrons. The maximum Gasteiger partial charge on any atom is 0.330 e. The lowest BCUT2D eigenvalue weighted by atomic mass is 10.6. The van der Waals surface area contributed by atoms with E-state index in [0.717, 1.165) is 15.3 Å². The Balaban J connectivity index is 2.39. The maximum atomic E-state index is 12.7. The van der Waals surface area contributed by atoms with Crippen LogP contribution >= 0.6 is 0 Å². The summed E-state index contributed by atoms with van der Waals surface area (Å²) in [6.45, 7) is 2.43. The van der Waals surface area contributed by atoms with Crippen LogP contribution in [-0.2, 0) is 30.7 Å². The summed E-state index contributed by atoms with van der Waals surface area (Å²) in [6.07, 6.45) is 4.40. The Kier molecular flexibility index (Phi) is 4.85. The lowest BCUT2D eigenvalue weighted by molar-refractivity contribution is 0.395. The molecule has 0 aliphatic carbocycles. The van der Waals surface area contributed by atoms with Gasteiger partial charge in [-0.15, -0.1) is 0 Å². The molecule has 2 aromatic heterocycles. The smallest absolute Gasteiger partial charge is 0.302 e. The van der Waals surface area contributed by atoms with Crippen LogP contribution in [0.25, 0.3) is 0 Å². The average molecular weight is 341 g/mol. The highest BCUT2D eigenvalue weighted by atomic mass is 32.2. The van der Waals surface area contributed by atoms with E-state index < -0.39 is 26.2 Å². The van der Waals surface area contributed by atoms with Gasteiger partial charge >= 0.3 is 5.69 Å². The van der Waals surface area contributed by atoms with Crippen molar-refractivity contribution >= 4 is 10.0 Å². The fourth-order valence-electron chi connectivity index (χ4n) is 2.19. The van der Waals surface area contributed by atoms with Crippen molar-refractivity contribution in [2.24, 2.45) is 14.1 Å². The van der Waals surface area contributed by atoms with Crippen molar-refractivity contribution in [2.45, 2.75) is 18.4 Å². The zero-order valence-electron chi connectivity index (χ0n) is 13.2. The highest BCUT2D eigenvalue weighted by Crippen LogP contribution is 2.10. The van der Waals surface area contributed by atoms with Gasteiger partial charge in [-0.05, 0) is 6.07 Å². The first kappa shape index (κ1) is 17.2. The monoisotopic (exact) mass is 341 g/mol. The molecule has 0 unspecified atom stereocenters. The molecular formula is C13H19N5O4S. The second-order valence-corrected chi connectivity index (χ2v) is 6.92. The molecule has 0 bridgehead atoms. The molecule has 0 fully saturated rings. The second-order valence-electron chi connectivity index (χ2n) is 5.02. The van der Waals surface area contributed by atoms with Gasteiger partial charge in [-0.2, -0.15) is 9.40 Å². The number of rotatable bonds is 6. The normalized spacial score (nSPS) is 12.0. The summed E-state index contributed by atoms with van der Waals surface area (Å²) in [5.41, 5.74) is -1.40. The van der Waals surface area contributed by atoms with Gasteiger partial charge in [-0.25, -0.2) is 13.2 Å². The third-order valence-electron chi connectivity index (χ3n) is 3.52. The van der Waals surface area contributed by atoms with Crippen LogP contribution in [0, 0.1) is 0 Å². The largest absolute Gasteiger partial charge is 0.330 e. The van der Waals surface area contributed by atoms with E-state index in [2.05, 4.69) is 5.10 Å². The Labute approximate surface area is 133 Å².